The van der Waals surface area contributed by atoms with Gasteiger partial charge in [-0.25, -0.2) is 0 Å². The first-order valence-corrected chi connectivity index (χ1v) is 15.2. The van der Waals surface area contributed by atoms with Crippen LogP contribution in [0.1, 0.15) is 36.1 Å². The molecule has 0 bridgehead atoms. The molecule has 0 atom stereocenters. The van der Waals surface area contributed by atoms with Gasteiger partial charge in [0.25, 0.3) is 11.4 Å². The van der Waals surface area contributed by atoms with Crippen molar-refractivity contribution in [3.8, 4) is 0 Å². The quantitative estimate of drug-likeness (QED) is 0.0883. The Bertz CT molecular complexity index is 1980. The van der Waals surface area contributed by atoms with Gasteiger partial charge in [0, 0.05) is 26.6 Å². The molecule has 4 rings (SSSR count). The summed E-state index contributed by atoms with van der Waals surface area (Å²) < 4.78 is 1.81. The molecule has 0 saturated carbocycles. The molecule has 0 aliphatic rings. The molecule has 0 amide bonds. The minimum Gasteiger partial charge on any atom is -0.271 e. The number of benzene rings is 4. The van der Waals surface area contributed by atoms with Crippen molar-refractivity contribution < 1.29 is 19.7 Å². The lowest BCUT2D eigenvalue weighted by Gasteiger charge is -2.07. The third-order valence-electron chi connectivity index (χ3n) is 6.55. The summed E-state index contributed by atoms with van der Waals surface area (Å²) in [5.41, 5.74) is 8.85. The summed E-state index contributed by atoms with van der Waals surface area (Å²) in [7, 11) is 0. The van der Waals surface area contributed by atoms with E-state index < -0.39 is 31.1 Å². The number of anilines is 2. The van der Waals surface area contributed by atoms with E-state index in [-0.39, 0.29) is 22.7 Å². The predicted molar refractivity (Wildman–Crippen MR) is 189 cm³/mol. The van der Waals surface area contributed by atoms with Gasteiger partial charge in [-0.3, -0.25) is 51.3 Å². The Balaban J connectivity index is 0.000000260. The molecule has 0 heterocycles. The van der Waals surface area contributed by atoms with Gasteiger partial charge < -0.3 is 0 Å². The number of nitro groups is 4. The fraction of sp³-hybridized carbons (Fsp3) is 0.133. The molecule has 48 heavy (non-hydrogen) atoms. The Morgan fingerprint density at radius 3 is 1.54 bits per heavy atom. The highest BCUT2D eigenvalue weighted by Gasteiger charge is 2.20. The van der Waals surface area contributed by atoms with Gasteiger partial charge >= 0.3 is 11.4 Å². The first kappa shape index (κ1) is 36.8. The Kier molecular flexibility index (Phi) is 12.5. The molecule has 16 nitrogen and oxygen atoms in total. The molecule has 2 N–H and O–H groups in total. The van der Waals surface area contributed by atoms with Crippen LogP contribution in [-0.4, -0.2) is 31.1 Å². The van der Waals surface area contributed by atoms with E-state index in [1.165, 1.54) is 24.3 Å². The maximum absolute atomic E-state index is 11.1. The van der Waals surface area contributed by atoms with E-state index in [4.69, 9.17) is 0 Å². The maximum atomic E-state index is 11.1. The minimum absolute atomic E-state index is 0.0775. The number of halogens is 2. The molecule has 0 aliphatic heterocycles. The van der Waals surface area contributed by atoms with Gasteiger partial charge in [-0.2, -0.15) is 10.2 Å². The van der Waals surface area contributed by atoms with E-state index in [2.05, 4.69) is 52.9 Å². The number of non-ortho nitro benzene ring substituents is 2. The third-order valence-corrected chi connectivity index (χ3v) is 8.13. The van der Waals surface area contributed by atoms with E-state index in [0.717, 1.165) is 43.3 Å². The van der Waals surface area contributed by atoms with Crippen molar-refractivity contribution in [3.05, 3.63) is 144 Å². The summed E-state index contributed by atoms with van der Waals surface area (Å²) in [6.45, 7) is 7.39. The Morgan fingerprint density at radius 2 is 1.08 bits per heavy atom. The molecule has 0 radical (unpaired) electrons. The Labute approximate surface area is 289 Å². The van der Waals surface area contributed by atoms with E-state index in [0.29, 0.717) is 11.4 Å². The van der Waals surface area contributed by atoms with Crippen molar-refractivity contribution in [1.82, 2.24) is 0 Å². The minimum atomic E-state index is -0.692. The van der Waals surface area contributed by atoms with Crippen LogP contribution < -0.4 is 10.9 Å². The van der Waals surface area contributed by atoms with E-state index in [9.17, 15) is 40.5 Å². The van der Waals surface area contributed by atoms with Crippen molar-refractivity contribution in [2.75, 3.05) is 10.9 Å². The average molecular weight is 786 g/mol. The number of aryl methyl sites for hydroxylation is 2. The van der Waals surface area contributed by atoms with Gasteiger partial charge in [0.2, 0.25) is 0 Å². The molecule has 0 aliphatic carbocycles. The Morgan fingerprint density at radius 1 is 0.604 bits per heavy atom. The van der Waals surface area contributed by atoms with Crippen LogP contribution in [0.4, 0.5) is 34.1 Å². The van der Waals surface area contributed by atoms with Crippen molar-refractivity contribution in [1.29, 1.82) is 0 Å². The number of hydrogen-bond donors (Lipinski definition) is 2. The van der Waals surface area contributed by atoms with Crippen LogP contribution in [0.15, 0.2) is 91.9 Å². The SMILES string of the molecule is C/C(=N\Nc1ccc([N+](=O)[O-])cc1[N+](=O)[O-])c1cc(C)ccc1Br.C/C(=N\Nc1ccc([N+](=O)[O-])cc1[N+](=O)[O-])c1ccc(Br)c(C)c1. The van der Waals surface area contributed by atoms with Gasteiger partial charge in [-0.15, -0.1) is 0 Å². The average Bonchev–Trinajstić information content (AvgIpc) is 3.04. The summed E-state index contributed by atoms with van der Waals surface area (Å²) in [6, 6.07) is 18.1. The summed E-state index contributed by atoms with van der Waals surface area (Å²) >= 11 is 6.84. The zero-order chi connectivity index (χ0) is 35.7. The number of nitro benzene ring substituents is 4. The normalized spacial score (nSPS) is 11.2. The zero-order valence-corrected chi connectivity index (χ0v) is 28.8. The molecule has 0 saturated heterocycles. The van der Waals surface area contributed by atoms with Gasteiger partial charge in [-0.1, -0.05) is 49.6 Å². The molecule has 18 heteroatoms. The van der Waals surface area contributed by atoms with Gasteiger partial charge in [0.1, 0.15) is 11.4 Å². The summed E-state index contributed by atoms with van der Waals surface area (Å²) in [6.07, 6.45) is 0. The smallest absolute Gasteiger partial charge is 0.271 e. The van der Waals surface area contributed by atoms with Crippen LogP contribution in [0.5, 0.6) is 0 Å². The van der Waals surface area contributed by atoms with Gasteiger partial charge in [0.05, 0.1) is 43.2 Å². The number of rotatable bonds is 10. The second kappa shape index (κ2) is 16.3. The summed E-state index contributed by atoms with van der Waals surface area (Å²) in [5.74, 6) is 0. The van der Waals surface area contributed by atoms with Crippen molar-refractivity contribution in [2.45, 2.75) is 27.7 Å². The lowest BCUT2D eigenvalue weighted by molar-refractivity contribution is -0.393. The first-order valence-electron chi connectivity index (χ1n) is 13.6. The second-order valence-electron chi connectivity index (χ2n) is 10.00. The highest BCUT2D eigenvalue weighted by atomic mass is 79.9. The van der Waals surface area contributed by atoms with Crippen LogP contribution in [0.3, 0.4) is 0 Å². The fourth-order valence-corrected chi connectivity index (χ4v) is 4.74. The molecular formula is C30H26Br2N8O8. The molecule has 0 spiro atoms. The lowest BCUT2D eigenvalue weighted by Crippen LogP contribution is -2.03. The number of nitrogens with zero attached hydrogens (tertiary/aromatic N) is 6. The lowest BCUT2D eigenvalue weighted by atomic mass is 10.1. The van der Waals surface area contributed by atoms with Crippen LogP contribution in [-0.2, 0) is 0 Å². The van der Waals surface area contributed by atoms with Crippen molar-refractivity contribution in [3.63, 3.8) is 0 Å². The van der Waals surface area contributed by atoms with Crippen molar-refractivity contribution in [2.24, 2.45) is 10.2 Å². The van der Waals surface area contributed by atoms with Gasteiger partial charge in [-0.05, 0) is 75.2 Å². The fourth-order valence-electron chi connectivity index (χ4n) is 3.96. The van der Waals surface area contributed by atoms with E-state index in [1.807, 2.05) is 50.2 Å². The highest BCUT2D eigenvalue weighted by molar-refractivity contribution is 9.10. The third kappa shape index (κ3) is 9.69. The molecule has 4 aromatic carbocycles. The molecule has 0 fully saturated rings. The molecule has 0 unspecified atom stereocenters. The van der Waals surface area contributed by atoms with E-state index >= 15 is 0 Å². The van der Waals surface area contributed by atoms with Gasteiger partial charge in [0.15, 0.2) is 0 Å². The molecule has 0 aromatic heterocycles. The maximum Gasteiger partial charge on any atom is 0.301 e. The van der Waals surface area contributed by atoms with Crippen LogP contribution in [0.25, 0.3) is 0 Å². The van der Waals surface area contributed by atoms with Crippen LogP contribution in [0, 0.1) is 54.3 Å². The number of hydrogen-bond acceptors (Lipinski definition) is 12. The topological polar surface area (TPSA) is 221 Å². The number of hydrazone groups is 2. The molecule has 4 aromatic rings. The van der Waals surface area contributed by atoms with E-state index in [1.54, 1.807) is 13.8 Å². The molecule has 248 valence electrons. The highest BCUT2D eigenvalue weighted by Crippen LogP contribution is 2.30. The van der Waals surface area contributed by atoms with Crippen molar-refractivity contribution >= 4 is 77.4 Å². The summed E-state index contributed by atoms with van der Waals surface area (Å²) in [4.78, 5) is 40.9. The monoisotopic (exact) mass is 784 g/mol. The predicted octanol–water partition coefficient (Wildman–Crippen LogP) is 8.82. The summed E-state index contributed by atoms with van der Waals surface area (Å²) in [5, 5.41) is 51.9. The largest absolute Gasteiger partial charge is 0.301 e. The van der Waals surface area contributed by atoms with Crippen LogP contribution >= 0.6 is 31.9 Å². The van der Waals surface area contributed by atoms with Crippen LogP contribution in [0.2, 0.25) is 0 Å². The molecular weight excluding hydrogens is 760 g/mol. The second-order valence-corrected chi connectivity index (χ2v) is 11.7. The first-order chi connectivity index (χ1) is 22.6. The zero-order valence-electron chi connectivity index (χ0n) is 25.6. The Hall–Kier alpha value is -5.62. The number of nitrogens with one attached hydrogen (secondary N) is 2. The standard InChI is InChI=1S/2C15H13BrN4O4/c1-9-7-11(3-5-13(9)16)10(2)17-18-14-6-4-12(19(21)22)8-15(14)20(23)24;1-9-3-5-13(16)12(7-9)10(2)17-18-14-6-4-11(19(21)22)8-15(14)20(23)24/h2*3-8,18H,1-2H3/b2*17-10+.